The number of aryl methyl sites for hydroxylation is 3. The number of carbonyl (C=O) groups excluding carboxylic acids is 1. The van der Waals surface area contributed by atoms with Crippen LogP contribution in [0.4, 0.5) is 5.69 Å². The maximum atomic E-state index is 13.1. The van der Waals surface area contributed by atoms with Gasteiger partial charge in [0.25, 0.3) is 15.9 Å². The lowest BCUT2D eigenvalue weighted by molar-refractivity contribution is 0.101. The van der Waals surface area contributed by atoms with Crippen LogP contribution < -0.4 is 4.31 Å². The third-order valence-electron chi connectivity index (χ3n) is 4.70. The third-order valence-corrected chi connectivity index (χ3v) is 7.36. The highest BCUT2D eigenvalue weighted by molar-refractivity contribution is 7.92. The molecule has 1 aromatic carbocycles. The Bertz CT molecular complexity index is 1330. The second-order valence-electron chi connectivity index (χ2n) is 7.02. The fraction of sp³-hybridized carbons (Fsp3) is 0.263. The predicted molar refractivity (Wildman–Crippen MR) is 113 cm³/mol. The molecule has 0 saturated heterocycles. The maximum absolute atomic E-state index is 13.1. The summed E-state index contributed by atoms with van der Waals surface area (Å²) in [5.74, 6) is -0.866. The van der Waals surface area contributed by atoms with Gasteiger partial charge in [0.1, 0.15) is 5.69 Å². The summed E-state index contributed by atoms with van der Waals surface area (Å²) >= 11 is 0. The van der Waals surface area contributed by atoms with E-state index in [1.54, 1.807) is 33.0 Å². The SMILES string of the molecule is Cc1ccc(S(=O)(=O)n2ccc(C(=O)N(c3c(C)nn(C)c3C)S(C)(=O)=O)c2)cc1. The number of sulfonamides is 1. The Kier molecular flexibility index (Phi) is 5.37. The monoisotopic (exact) mass is 450 g/mol. The van der Waals surface area contributed by atoms with Crippen molar-refractivity contribution < 1.29 is 21.6 Å². The third kappa shape index (κ3) is 3.77. The van der Waals surface area contributed by atoms with Crippen LogP contribution >= 0.6 is 0 Å². The van der Waals surface area contributed by atoms with Crippen LogP contribution in [0, 0.1) is 20.8 Å². The van der Waals surface area contributed by atoms with E-state index in [0.717, 1.165) is 22.0 Å². The molecule has 0 spiro atoms. The normalized spacial score (nSPS) is 12.2. The predicted octanol–water partition coefficient (Wildman–Crippen LogP) is 1.99. The standard InChI is InChI=1S/C19H22N4O5S2/c1-13-6-8-17(9-7-13)30(27,28)22-11-10-16(12-22)19(24)23(29(5,25)26)18-14(2)20-21(4)15(18)3/h6-12H,1-5H3. The summed E-state index contributed by atoms with van der Waals surface area (Å²) in [7, 11) is -6.29. The Morgan fingerprint density at radius 2 is 1.60 bits per heavy atom. The zero-order chi connectivity index (χ0) is 22.4. The summed E-state index contributed by atoms with van der Waals surface area (Å²) in [6, 6.07) is 7.55. The quantitative estimate of drug-likeness (QED) is 0.588. The van der Waals surface area contributed by atoms with E-state index in [1.165, 1.54) is 29.1 Å². The zero-order valence-electron chi connectivity index (χ0n) is 17.2. The molecule has 3 aromatic rings. The largest absolute Gasteiger partial charge is 0.273 e. The van der Waals surface area contributed by atoms with E-state index < -0.39 is 26.0 Å². The van der Waals surface area contributed by atoms with Gasteiger partial charge < -0.3 is 0 Å². The van der Waals surface area contributed by atoms with Crippen molar-refractivity contribution in [3.63, 3.8) is 0 Å². The minimum atomic E-state index is -4.01. The Balaban J connectivity index is 2.06. The molecule has 0 aliphatic rings. The second kappa shape index (κ2) is 7.40. The number of amides is 1. The molecule has 0 aliphatic carbocycles. The van der Waals surface area contributed by atoms with Crippen molar-refractivity contribution in [1.82, 2.24) is 13.8 Å². The summed E-state index contributed by atoms with van der Waals surface area (Å²) in [5.41, 5.74) is 1.82. The first-order valence-electron chi connectivity index (χ1n) is 8.89. The molecule has 1 amide bonds. The molecule has 3 rings (SSSR count). The lowest BCUT2D eigenvalue weighted by Crippen LogP contribution is -2.36. The number of carbonyl (C=O) groups is 1. The van der Waals surface area contributed by atoms with Crippen LogP contribution in [-0.2, 0) is 27.1 Å². The van der Waals surface area contributed by atoms with Gasteiger partial charge in [-0.3, -0.25) is 9.48 Å². The first-order chi connectivity index (χ1) is 13.8. The minimum absolute atomic E-state index is 0.0571. The van der Waals surface area contributed by atoms with E-state index in [-0.39, 0.29) is 16.1 Å². The van der Waals surface area contributed by atoms with E-state index in [9.17, 15) is 21.6 Å². The van der Waals surface area contributed by atoms with E-state index in [2.05, 4.69) is 5.10 Å². The molecule has 0 radical (unpaired) electrons. The van der Waals surface area contributed by atoms with E-state index in [0.29, 0.717) is 15.7 Å². The van der Waals surface area contributed by atoms with Crippen LogP contribution in [0.1, 0.15) is 27.3 Å². The molecule has 160 valence electrons. The first-order valence-corrected chi connectivity index (χ1v) is 12.2. The molecular weight excluding hydrogens is 428 g/mol. The number of nitrogens with zero attached hydrogens (tertiary/aromatic N) is 4. The number of hydrogen-bond donors (Lipinski definition) is 0. The smallest absolute Gasteiger partial charge is 0.270 e. The molecule has 30 heavy (non-hydrogen) atoms. The highest BCUT2D eigenvalue weighted by Gasteiger charge is 2.32. The molecule has 0 bridgehead atoms. The van der Waals surface area contributed by atoms with Gasteiger partial charge in [-0.05, 0) is 39.0 Å². The summed E-state index contributed by atoms with van der Waals surface area (Å²) in [4.78, 5) is 13.2. The van der Waals surface area contributed by atoms with Crippen molar-refractivity contribution in [3.8, 4) is 0 Å². The second-order valence-corrected chi connectivity index (χ2v) is 10.7. The van der Waals surface area contributed by atoms with E-state index in [4.69, 9.17) is 0 Å². The van der Waals surface area contributed by atoms with E-state index >= 15 is 0 Å². The number of anilines is 1. The van der Waals surface area contributed by atoms with Crippen molar-refractivity contribution in [3.05, 3.63) is 65.2 Å². The fourth-order valence-electron chi connectivity index (χ4n) is 3.08. The van der Waals surface area contributed by atoms with Crippen LogP contribution in [0.2, 0.25) is 0 Å². The number of hydrogen-bond acceptors (Lipinski definition) is 6. The molecule has 0 saturated carbocycles. The maximum Gasteiger partial charge on any atom is 0.273 e. The van der Waals surface area contributed by atoms with Crippen LogP contribution in [0.25, 0.3) is 0 Å². The lowest BCUT2D eigenvalue weighted by atomic mass is 10.2. The van der Waals surface area contributed by atoms with Crippen molar-refractivity contribution in [2.75, 3.05) is 10.6 Å². The summed E-state index contributed by atoms with van der Waals surface area (Å²) in [6.07, 6.45) is 3.24. The van der Waals surface area contributed by atoms with Gasteiger partial charge in [-0.25, -0.2) is 20.8 Å². The fourth-order valence-corrected chi connectivity index (χ4v) is 5.28. The molecule has 2 heterocycles. The number of benzene rings is 1. The lowest BCUT2D eigenvalue weighted by Gasteiger charge is -2.20. The van der Waals surface area contributed by atoms with Crippen LogP contribution in [-0.4, -0.2) is 42.8 Å². The molecule has 0 aliphatic heterocycles. The highest BCUT2D eigenvalue weighted by atomic mass is 32.2. The van der Waals surface area contributed by atoms with Gasteiger partial charge >= 0.3 is 0 Å². The van der Waals surface area contributed by atoms with Gasteiger partial charge in [0.15, 0.2) is 0 Å². The molecule has 0 unspecified atom stereocenters. The summed E-state index contributed by atoms with van der Waals surface area (Å²) in [5, 5.41) is 4.17. The van der Waals surface area contributed by atoms with Gasteiger partial charge in [0.2, 0.25) is 10.0 Å². The molecule has 2 aromatic heterocycles. The molecule has 11 heteroatoms. The van der Waals surface area contributed by atoms with E-state index in [1.807, 2.05) is 6.92 Å². The zero-order valence-corrected chi connectivity index (χ0v) is 18.8. The molecule has 9 nitrogen and oxygen atoms in total. The molecule has 0 fully saturated rings. The van der Waals surface area contributed by atoms with Crippen LogP contribution in [0.5, 0.6) is 0 Å². The Morgan fingerprint density at radius 3 is 2.10 bits per heavy atom. The Hall–Kier alpha value is -2.92. The molecular formula is C19H22N4O5S2. The number of rotatable bonds is 5. The van der Waals surface area contributed by atoms with Gasteiger partial charge in [-0.1, -0.05) is 17.7 Å². The van der Waals surface area contributed by atoms with Crippen molar-refractivity contribution in [2.45, 2.75) is 25.7 Å². The van der Waals surface area contributed by atoms with Crippen molar-refractivity contribution >= 4 is 31.6 Å². The van der Waals surface area contributed by atoms with Gasteiger partial charge in [-0.2, -0.15) is 9.40 Å². The Morgan fingerprint density at radius 1 is 1.00 bits per heavy atom. The minimum Gasteiger partial charge on any atom is -0.270 e. The summed E-state index contributed by atoms with van der Waals surface area (Å²) in [6.45, 7) is 5.08. The topological polar surface area (TPSA) is 111 Å². The average Bonchev–Trinajstić information content (AvgIpc) is 3.23. The van der Waals surface area contributed by atoms with Gasteiger partial charge in [-0.15, -0.1) is 0 Å². The first kappa shape index (κ1) is 21.8. The van der Waals surface area contributed by atoms with Gasteiger partial charge in [0.05, 0.1) is 28.1 Å². The Labute approximate surface area is 175 Å². The summed E-state index contributed by atoms with van der Waals surface area (Å²) < 4.78 is 53.6. The van der Waals surface area contributed by atoms with Crippen LogP contribution in [0.3, 0.4) is 0 Å². The van der Waals surface area contributed by atoms with Gasteiger partial charge in [0, 0.05) is 19.4 Å². The molecule has 0 N–H and O–H groups in total. The molecule has 0 atom stereocenters. The van der Waals surface area contributed by atoms with Crippen molar-refractivity contribution in [2.24, 2.45) is 7.05 Å². The average molecular weight is 451 g/mol. The number of aromatic nitrogens is 3. The van der Waals surface area contributed by atoms with Crippen molar-refractivity contribution in [1.29, 1.82) is 0 Å². The highest BCUT2D eigenvalue weighted by Crippen LogP contribution is 2.28. The van der Waals surface area contributed by atoms with Crippen LogP contribution in [0.15, 0.2) is 47.6 Å².